The van der Waals surface area contributed by atoms with Gasteiger partial charge in [-0.2, -0.15) is 0 Å². The zero-order valence-electron chi connectivity index (χ0n) is 13.1. The van der Waals surface area contributed by atoms with Crippen molar-refractivity contribution in [2.45, 2.75) is 78.2 Å². The van der Waals surface area contributed by atoms with Crippen LogP contribution in [0.1, 0.15) is 55.4 Å². The van der Waals surface area contributed by atoms with Crippen LogP contribution in [0.5, 0.6) is 0 Å². The fourth-order valence-electron chi connectivity index (χ4n) is 1.41. The second-order valence-corrected chi connectivity index (χ2v) is 7.18. The number of methoxy groups -OCH3 is 1. The summed E-state index contributed by atoms with van der Waals surface area (Å²) in [4.78, 5) is 0. The lowest BCUT2D eigenvalue weighted by molar-refractivity contribution is -0.0783. The number of hydrogen-bond acceptors (Lipinski definition) is 3. The first-order valence-corrected chi connectivity index (χ1v) is 6.34. The largest absolute Gasteiger partial charge is 0.377 e. The Morgan fingerprint density at radius 1 is 0.941 bits per heavy atom. The molecule has 0 spiro atoms. The summed E-state index contributed by atoms with van der Waals surface area (Å²) in [5, 5.41) is 3.57. The van der Waals surface area contributed by atoms with Crippen molar-refractivity contribution in [3.63, 3.8) is 0 Å². The molecule has 0 radical (unpaired) electrons. The van der Waals surface area contributed by atoms with Crippen molar-refractivity contribution in [1.82, 2.24) is 5.32 Å². The van der Waals surface area contributed by atoms with Crippen LogP contribution in [0, 0.1) is 0 Å². The lowest BCUT2D eigenvalue weighted by atomic mass is 9.95. The van der Waals surface area contributed by atoms with Crippen molar-refractivity contribution < 1.29 is 9.47 Å². The molecule has 0 fully saturated rings. The zero-order chi connectivity index (χ0) is 13.9. The molecule has 0 aliphatic rings. The van der Waals surface area contributed by atoms with Crippen molar-refractivity contribution in [3.8, 4) is 0 Å². The molecular formula is C14H31NO2. The van der Waals surface area contributed by atoms with Gasteiger partial charge in [-0.25, -0.2) is 0 Å². The van der Waals surface area contributed by atoms with Crippen LogP contribution < -0.4 is 5.32 Å². The normalized spacial score (nSPS) is 16.1. The summed E-state index contributed by atoms with van der Waals surface area (Å²) in [7, 11) is 1.74. The maximum absolute atomic E-state index is 5.88. The number of nitrogens with one attached hydrogen (secondary N) is 1. The van der Waals surface area contributed by atoms with Crippen molar-refractivity contribution in [2.24, 2.45) is 0 Å². The lowest BCUT2D eigenvalue weighted by Crippen LogP contribution is -2.57. The standard InChI is InChI=1S/C14H31NO2/c1-12(2,3)15-11(14(7,8)16-9)10-17-13(4,5)6/h11,15H,10H2,1-9H3. The third kappa shape index (κ3) is 7.74. The molecule has 0 aliphatic heterocycles. The molecular weight excluding hydrogens is 214 g/mol. The monoisotopic (exact) mass is 245 g/mol. The first kappa shape index (κ1) is 16.9. The quantitative estimate of drug-likeness (QED) is 0.807. The first-order valence-electron chi connectivity index (χ1n) is 6.34. The predicted octanol–water partition coefficient (Wildman–Crippen LogP) is 2.98. The minimum atomic E-state index is -0.251. The van der Waals surface area contributed by atoms with Crippen LogP contribution in [-0.4, -0.2) is 36.5 Å². The van der Waals surface area contributed by atoms with E-state index >= 15 is 0 Å². The van der Waals surface area contributed by atoms with E-state index in [9.17, 15) is 0 Å². The average molecular weight is 245 g/mol. The van der Waals surface area contributed by atoms with E-state index in [4.69, 9.17) is 9.47 Å². The van der Waals surface area contributed by atoms with Gasteiger partial charge in [-0.3, -0.25) is 0 Å². The van der Waals surface area contributed by atoms with Gasteiger partial charge in [0.2, 0.25) is 0 Å². The third-order valence-corrected chi connectivity index (χ3v) is 2.66. The minimum absolute atomic E-state index is 0.0434. The van der Waals surface area contributed by atoms with Gasteiger partial charge in [0.25, 0.3) is 0 Å². The Labute approximate surface area is 107 Å². The molecule has 104 valence electrons. The van der Waals surface area contributed by atoms with Gasteiger partial charge in [-0.15, -0.1) is 0 Å². The molecule has 0 amide bonds. The summed E-state index contributed by atoms with van der Waals surface area (Å²) >= 11 is 0. The molecule has 0 saturated heterocycles. The highest BCUT2D eigenvalue weighted by atomic mass is 16.5. The Bertz CT molecular complexity index is 223. The van der Waals surface area contributed by atoms with Gasteiger partial charge >= 0.3 is 0 Å². The van der Waals surface area contributed by atoms with Gasteiger partial charge in [-0.1, -0.05) is 0 Å². The van der Waals surface area contributed by atoms with Gasteiger partial charge < -0.3 is 14.8 Å². The number of ether oxygens (including phenoxy) is 2. The molecule has 3 nitrogen and oxygen atoms in total. The molecule has 1 unspecified atom stereocenters. The van der Waals surface area contributed by atoms with E-state index in [-0.39, 0.29) is 22.8 Å². The summed E-state index contributed by atoms with van der Waals surface area (Å²) in [6.45, 7) is 17.5. The van der Waals surface area contributed by atoms with E-state index in [0.29, 0.717) is 6.61 Å². The highest BCUT2D eigenvalue weighted by Gasteiger charge is 2.33. The Morgan fingerprint density at radius 3 is 1.71 bits per heavy atom. The maximum atomic E-state index is 5.88. The Morgan fingerprint density at radius 2 is 1.41 bits per heavy atom. The fraction of sp³-hybridized carbons (Fsp3) is 1.00. The number of rotatable bonds is 5. The van der Waals surface area contributed by atoms with E-state index in [2.05, 4.69) is 60.7 Å². The summed E-state index contributed by atoms with van der Waals surface area (Å²) in [5.41, 5.74) is -0.331. The highest BCUT2D eigenvalue weighted by molar-refractivity contribution is 4.90. The minimum Gasteiger partial charge on any atom is -0.377 e. The molecule has 1 atom stereocenters. The molecule has 0 aromatic carbocycles. The summed E-state index contributed by atoms with van der Waals surface area (Å²) in [6, 6.07) is 0.159. The Kier molecular flexibility index (Phi) is 5.64. The lowest BCUT2D eigenvalue weighted by Gasteiger charge is -2.39. The van der Waals surface area contributed by atoms with E-state index in [0.717, 1.165) is 0 Å². The second-order valence-electron chi connectivity index (χ2n) is 7.18. The van der Waals surface area contributed by atoms with Gasteiger partial charge in [0.1, 0.15) is 0 Å². The van der Waals surface area contributed by atoms with Crippen LogP contribution in [-0.2, 0) is 9.47 Å². The van der Waals surface area contributed by atoms with Gasteiger partial charge in [0.15, 0.2) is 0 Å². The molecule has 0 aliphatic carbocycles. The van der Waals surface area contributed by atoms with Crippen molar-refractivity contribution in [1.29, 1.82) is 0 Å². The summed E-state index contributed by atoms with van der Waals surface area (Å²) < 4.78 is 11.5. The maximum Gasteiger partial charge on any atom is 0.0797 e. The Hall–Kier alpha value is -0.120. The number of hydrogen-bond donors (Lipinski definition) is 1. The zero-order valence-corrected chi connectivity index (χ0v) is 13.1. The van der Waals surface area contributed by atoms with E-state index in [1.807, 2.05) is 0 Å². The average Bonchev–Trinajstić information content (AvgIpc) is 2.08. The van der Waals surface area contributed by atoms with Crippen molar-refractivity contribution in [2.75, 3.05) is 13.7 Å². The first-order chi connectivity index (χ1) is 7.37. The van der Waals surface area contributed by atoms with Crippen LogP contribution in [0.25, 0.3) is 0 Å². The fourth-order valence-corrected chi connectivity index (χ4v) is 1.41. The van der Waals surface area contributed by atoms with Crippen molar-refractivity contribution >= 4 is 0 Å². The van der Waals surface area contributed by atoms with Gasteiger partial charge in [0, 0.05) is 12.6 Å². The van der Waals surface area contributed by atoms with Crippen LogP contribution in [0.15, 0.2) is 0 Å². The molecule has 17 heavy (non-hydrogen) atoms. The van der Waals surface area contributed by atoms with Gasteiger partial charge in [0.05, 0.1) is 23.9 Å². The Balaban J connectivity index is 4.64. The van der Waals surface area contributed by atoms with Crippen LogP contribution in [0.4, 0.5) is 0 Å². The molecule has 3 heteroatoms. The molecule has 0 rings (SSSR count). The van der Waals surface area contributed by atoms with E-state index in [1.165, 1.54) is 0 Å². The molecule has 0 saturated carbocycles. The highest BCUT2D eigenvalue weighted by Crippen LogP contribution is 2.19. The summed E-state index contributed by atoms with van der Waals surface area (Å²) in [6.07, 6.45) is 0. The smallest absolute Gasteiger partial charge is 0.0797 e. The van der Waals surface area contributed by atoms with Crippen LogP contribution in [0.3, 0.4) is 0 Å². The van der Waals surface area contributed by atoms with E-state index in [1.54, 1.807) is 7.11 Å². The topological polar surface area (TPSA) is 30.5 Å². The van der Waals surface area contributed by atoms with Gasteiger partial charge in [-0.05, 0) is 55.4 Å². The van der Waals surface area contributed by atoms with Crippen LogP contribution >= 0.6 is 0 Å². The van der Waals surface area contributed by atoms with E-state index < -0.39 is 0 Å². The molecule has 0 heterocycles. The van der Waals surface area contributed by atoms with Crippen LogP contribution in [0.2, 0.25) is 0 Å². The SMILES string of the molecule is COC(C)(C)C(COC(C)(C)C)NC(C)(C)C. The molecule has 0 aromatic rings. The molecule has 1 N–H and O–H groups in total. The predicted molar refractivity (Wildman–Crippen MR) is 73.5 cm³/mol. The second kappa shape index (κ2) is 5.68. The van der Waals surface area contributed by atoms with Crippen molar-refractivity contribution in [3.05, 3.63) is 0 Å². The molecule has 0 aromatic heterocycles. The molecule has 0 bridgehead atoms. The third-order valence-electron chi connectivity index (χ3n) is 2.66. The summed E-state index contributed by atoms with van der Waals surface area (Å²) in [5.74, 6) is 0.